The van der Waals surface area contributed by atoms with Gasteiger partial charge < -0.3 is 10.1 Å². The molecule has 31 heavy (non-hydrogen) atoms. The van der Waals surface area contributed by atoms with Crippen LogP contribution in [-0.4, -0.2) is 45.4 Å². The molecule has 0 spiro atoms. The topological polar surface area (TPSA) is 81.9 Å². The van der Waals surface area contributed by atoms with Crippen molar-refractivity contribution in [2.24, 2.45) is 5.92 Å². The maximum absolute atomic E-state index is 12.4. The van der Waals surface area contributed by atoms with Gasteiger partial charge in [0, 0.05) is 43.1 Å². The highest BCUT2D eigenvalue weighted by Crippen LogP contribution is 2.36. The van der Waals surface area contributed by atoms with E-state index in [1.807, 2.05) is 34.6 Å². The van der Waals surface area contributed by atoms with Crippen LogP contribution in [0.1, 0.15) is 39.3 Å². The summed E-state index contributed by atoms with van der Waals surface area (Å²) >= 11 is 1.54. The molecular weight excluding hydrogens is 410 g/mol. The Hall–Kier alpha value is -2.58. The van der Waals surface area contributed by atoms with Gasteiger partial charge in [0.25, 0.3) is 0 Å². The van der Waals surface area contributed by atoms with Crippen molar-refractivity contribution in [2.75, 3.05) is 19.8 Å². The smallest absolute Gasteiger partial charge is 0.226 e. The second kappa shape index (κ2) is 9.28. The van der Waals surface area contributed by atoms with Crippen LogP contribution in [0.5, 0.6) is 0 Å². The van der Waals surface area contributed by atoms with Crippen molar-refractivity contribution in [1.29, 1.82) is 0 Å². The number of nitrogens with zero attached hydrogens (tertiary/aromatic N) is 4. The molecule has 1 fully saturated rings. The fourth-order valence-electron chi connectivity index (χ4n) is 3.74. The fraction of sp³-hybridized carbons (Fsp3) is 0.478. The van der Waals surface area contributed by atoms with Crippen LogP contribution >= 0.6 is 11.3 Å². The van der Waals surface area contributed by atoms with Crippen molar-refractivity contribution in [1.82, 2.24) is 25.1 Å². The molecule has 1 aliphatic rings. The summed E-state index contributed by atoms with van der Waals surface area (Å²) in [5.41, 5.74) is 3.54. The monoisotopic (exact) mass is 439 g/mol. The van der Waals surface area contributed by atoms with Crippen molar-refractivity contribution in [3.8, 4) is 21.8 Å². The number of carbonyl (C=O) groups is 1. The summed E-state index contributed by atoms with van der Waals surface area (Å²) in [6.45, 7) is 8.66. The molecule has 1 amide bonds. The van der Waals surface area contributed by atoms with Gasteiger partial charge in [0.2, 0.25) is 5.91 Å². The first-order valence-electron chi connectivity index (χ1n) is 10.7. The summed E-state index contributed by atoms with van der Waals surface area (Å²) in [4.78, 5) is 21.5. The van der Waals surface area contributed by atoms with Crippen LogP contribution in [0, 0.1) is 5.92 Å². The number of nitrogens with one attached hydrogen (secondary N) is 1. The Morgan fingerprint density at radius 1 is 1.29 bits per heavy atom. The lowest BCUT2D eigenvalue weighted by atomic mass is 10.0. The van der Waals surface area contributed by atoms with Crippen LogP contribution in [0.2, 0.25) is 0 Å². The van der Waals surface area contributed by atoms with Crippen molar-refractivity contribution in [3.05, 3.63) is 41.8 Å². The van der Waals surface area contributed by atoms with Crippen LogP contribution in [0.3, 0.4) is 0 Å². The molecule has 4 heterocycles. The number of amides is 1. The number of pyridine rings is 1. The van der Waals surface area contributed by atoms with E-state index in [-0.39, 0.29) is 17.9 Å². The van der Waals surface area contributed by atoms with Gasteiger partial charge in [-0.05, 0) is 51.7 Å². The minimum Gasteiger partial charge on any atom is -0.381 e. The van der Waals surface area contributed by atoms with Crippen molar-refractivity contribution >= 4 is 17.2 Å². The van der Waals surface area contributed by atoms with Crippen molar-refractivity contribution in [3.63, 3.8) is 0 Å². The minimum absolute atomic E-state index is 0.0150. The summed E-state index contributed by atoms with van der Waals surface area (Å²) in [5.74, 6) is 0.523. The second-order valence-corrected chi connectivity index (χ2v) is 9.77. The van der Waals surface area contributed by atoms with Gasteiger partial charge in [-0.25, -0.2) is 4.98 Å². The molecule has 0 radical (unpaired) electrons. The van der Waals surface area contributed by atoms with E-state index in [1.54, 1.807) is 17.5 Å². The predicted octanol–water partition coefficient (Wildman–Crippen LogP) is 3.91. The zero-order chi connectivity index (χ0) is 21.8. The Kier molecular flexibility index (Phi) is 6.48. The van der Waals surface area contributed by atoms with Crippen molar-refractivity contribution < 1.29 is 9.53 Å². The number of hydrogen-bond acceptors (Lipinski definition) is 6. The lowest BCUT2D eigenvalue weighted by Gasteiger charge is -2.23. The van der Waals surface area contributed by atoms with Crippen LogP contribution in [-0.2, 0) is 21.5 Å². The highest BCUT2D eigenvalue weighted by molar-refractivity contribution is 7.13. The molecule has 0 aliphatic carbocycles. The molecule has 1 saturated heterocycles. The Morgan fingerprint density at radius 3 is 2.81 bits per heavy atom. The first-order valence-corrected chi connectivity index (χ1v) is 11.6. The number of aromatic nitrogens is 4. The fourth-order valence-corrected chi connectivity index (χ4v) is 4.57. The van der Waals surface area contributed by atoms with Gasteiger partial charge in [-0.2, -0.15) is 5.10 Å². The van der Waals surface area contributed by atoms with Gasteiger partial charge in [0.1, 0.15) is 5.01 Å². The number of thiazole rings is 1. The summed E-state index contributed by atoms with van der Waals surface area (Å²) < 4.78 is 7.39. The van der Waals surface area contributed by atoms with Gasteiger partial charge in [-0.15, -0.1) is 11.3 Å². The Morgan fingerprint density at radius 2 is 2.10 bits per heavy atom. The number of rotatable bonds is 6. The van der Waals surface area contributed by atoms with E-state index in [4.69, 9.17) is 9.72 Å². The molecule has 0 unspecified atom stereocenters. The second-order valence-electron chi connectivity index (χ2n) is 8.91. The minimum atomic E-state index is -0.187. The van der Waals surface area contributed by atoms with E-state index < -0.39 is 0 Å². The third kappa shape index (κ3) is 5.19. The molecule has 0 saturated carbocycles. The van der Waals surface area contributed by atoms with Gasteiger partial charge in [-0.3, -0.25) is 14.5 Å². The lowest BCUT2D eigenvalue weighted by Crippen LogP contribution is -2.33. The molecule has 1 N–H and O–H groups in total. The van der Waals surface area contributed by atoms with Crippen LogP contribution in [0.15, 0.2) is 36.1 Å². The summed E-state index contributed by atoms with van der Waals surface area (Å²) in [6.07, 6.45) is 7.78. The predicted molar refractivity (Wildman–Crippen MR) is 122 cm³/mol. The Labute approximate surface area is 186 Å². The molecule has 3 aromatic rings. The van der Waals surface area contributed by atoms with Gasteiger partial charge in [0.05, 0.1) is 35.1 Å². The van der Waals surface area contributed by atoms with E-state index >= 15 is 0 Å². The summed E-state index contributed by atoms with van der Waals surface area (Å²) in [6, 6.07) is 3.96. The van der Waals surface area contributed by atoms with E-state index in [0.29, 0.717) is 12.5 Å². The third-order valence-electron chi connectivity index (χ3n) is 5.39. The summed E-state index contributed by atoms with van der Waals surface area (Å²) in [5, 5.41) is 10.5. The highest BCUT2D eigenvalue weighted by atomic mass is 32.1. The maximum Gasteiger partial charge on any atom is 0.226 e. The Bertz CT molecular complexity index is 1020. The maximum atomic E-state index is 12.4. The standard InChI is InChI=1S/C23H29N5O2S/c1-23(2,3)28-21(17-5-4-8-24-13-17)19(14-26-28)22-27-18(15-31-22)11-20(29)25-12-16-6-9-30-10-7-16/h4-5,8,13-16H,6-7,9-12H2,1-3H3,(H,25,29). The molecule has 1 aliphatic heterocycles. The average molecular weight is 440 g/mol. The van der Waals surface area contributed by atoms with E-state index in [9.17, 15) is 4.79 Å². The molecule has 0 atom stereocenters. The molecular formula is C23H29N5O2S. The van der Waals surface area contributed by atoms with E-state index in [2.05, 4.69) is 36.2 Å². The molecule has 8 heteroatoms. The van der Waals surface area contributed by atoms with Crippen LogP contribution < -0.4 is 5.32 Å². The first kappa shape index (κ1) is 21.6. The quantitative estimate of drug-likeness (QED) is 0.630. The number of carbonyl (C=O) groups excluding carboxylic acids is 1. The SMILES string of the molecule is CC(C)(C)n1ncc(-c2nc(CC(=O)NCC3CCOCC3)cs2)c1-c1cccnc1. The zero-order valence-corrected chi connectivity index (χ0v) is 19.1. The van der Waals surface area contributed by atoms with Gasteiger partial charge >= 0.3 is 0 Å². The summed E-state index contributed by atoms with van der Waals surface area (Å²) in [7, 11) is 0. The molecule has 7 nitrogen and oxygen atoms in total. The van der Waals surface area contributed by atoms with Crippen LogP contribution in [0.25, 0.3) is 21.8 Å². The molecule has 0 aromatic carbocycles. The normalized spacial score (nSPS) is 15.2. The van der Waals surface area contributed by atoms with Crippen molar-refractivity contribution in [2.45, 2.75) is 45.6 Å². The average Bonchev–Trinajstić information content (AvgIpc) is 3.40. The number of hydrogen-bond donors (Lipinski definition) is 1. The number of ether oxygens (including phenoxy) is 1. The van der Waals surface area contributed by atoms with E-state index in [0.717, 1.165) is 53.6 Å². The first-order chi connectivity index (χ1) is 14.9. The zero-order valence-electron chi connectivity index (χ0n) is 18.3. The van der Waals surface area contributed by atoms with Crippen LogP contribution in [0.4, 0.5) is 0 Å². The molecule has 3 aromatic heterocycles. The molecule has 0 bridgehead atoms. The van der Waals surface area contributed by atoms with Gasteiger partial charge in [0.15, 0.2) is 0 Å². The highest BCUT2D eigenvalue weighted by Gasteiger charge is 2.24. The third-order valence-corrected chi connectivity index (χ3v) is 6.32. The largest absolute Gasteiger partial charge is 0.381 e. The lowest BCUT2D eigenvalue weighted by molar-refractivity contribution is -0.120. The molecule has 164 valence electrons. The Balaban J connectivity index is 1.51. The van der Waals surface area contributed by atoms with Gasteiger partial charge in [-0.1, -0.05) is 0 Å². The molecule has 4 rings (SSSR count). The van der Waals surface area contributed by atoms with E-state index in [1.165, 1.54) is 0 Å².